The zero-order valence-corrected chi connectivity index (χ0v) is 13.5. The summed E-state index contributed by atoms with van der Waals surface area (Å²) >= 11 is 0. The molecule has 1 saturated heterocycles. The van der Waals surface area contributed by atoms with Crippen LogP contribution in [0.5, 0.6) is 0 Å². The Hall–Kier alpha value is -0.570. The van der Waals surface area contributed by atoms with Gasteiger partial charge >= 0.3 is 0 Å². The van der Waals surface area contributed by atoms with Crippen LogP contribution < -0.4 is 10.6 Å². The third-order valence-corrected chi connectivity index (χ3v) is 5.74. The zero-order chi connectivity index (χ0) is 14.5. The van der Waals surface area contributed by atoms with E-state index < -0.39 is 0 Å². The van der Waals surface area contributed by atoms with Crippen molar-refractivity contribution in [3.8, 4) is 0 Å². The molecular formula is C17H32N2O. The molecule has 3 nitrogen and oxygen atoms in total. The second-order valence-corrected chi connectivity index (χ2v) is 7.07. The van der Waals surface area contributed by atoms with Crippen molar-refractivity contribution in [2.45, 2.75) is 65.3 Å². The van der Waals surface area contributed by atoms with Gasteiger partial charge in [-0.15, -0.1) is 0 Å². The predicted octanol–water partition coefficient (Wildman–Crippen LogP) is 2.95. The van der Waals surface area contributed by atoms with Crippen molar-refractivity contribution in [2.75, 3.05) is 13.1 Å². The van der Waals surface area contributed by atoms with Crippen molar-refractivity contribution < 1.29 is 4.79 Å². The fourth-order valence-electron chi connectivity index (χ4n) is 4.12. The fourth-order valence-corrected chi connectivity index (χ4v) is 4.12. The largest absolute Gasteiger partial charge is 0.353 e. The molecule has 5 unspecified atom stereocenters. The highest BCUT2D eigenvalue weighted by atomic mass is 16.1. The minimum Gasteiger partial charge on any atom is -0.353 e. The van der Waals surface area contributed by atoms with Gasteiger partial charge in [0.15, 0.2) is 0 Å². The van der Waals surface area contributed by atoms with Crippen LogP contribution in [0.15, 0.2) is 0 Å². The molecule has 0 aromatic heterocycles. The Labute approximate surface area is 124 Å². The Morgan fingerprint density at radius 2 is 2.15 bits per heavy atom. The van der Waals surface area contributed by atoms with E-state index in [0.717, 1.165) is 19.0 Å². The van der Waals surface area contributed by atoms with Gasteiger partial charge in [0, 0.05) is 12.5 Å². The fraction of sp³-hybridized carbons (Fsp3) is 0.941. The van der Waals surface area contributed by atoms with Gasteiger partial charge in [-0.1, -0.05) is 27.2 Å². The van der Waals surface area contributed by atoms with Crippen molar-refractivity contribution in [1.29, 1.82) is 0 Å². The summed E-state index contributed by atoms with van der Waals surface area (Å²) in [4.78, 5) is 12.3. The van der Waals surface area contributed by atoms with E-state index >= 15 is 0 Å². The minimum atomic E-state index is 0.275. The standard InChI is InChI=1S/C17H32N2O/c1-4-14-7-8-16(13(14)3)19-17(20)10-12(2)15-6-5-9-18-11-15/h12-16,18H,4-11H2,1-3H3,(H,19,20). The first kappa shape index (κ1) is 15.8. The summed E-state index contributed by atoms with van der Waals surface area (Å²) in [7, 11) is 0. The van der Waals surface area contributed by atoms with Crippen LogP contribution in [0.1, 0.15) is 59.3 Å². The van der Waals surface area contributed by atoms with Crippen molar-refractivity contribution >= 4 is 5.91 Å². The van der Waals surface area contributed by atoms with Gasteiger partial charge in [-0.2, -0.15) is 0 Å². The van der Waals surface area contributed by atoms with E-state index in [0.29, 0.717) is 30.2 Å². The summed E-state index contributed by atoms with van der Waals surface area (Å²) in [6.07, 6.45) is 6.94. The average Bonchev–Trinajstić information content (AvgIpc) is 2.80. The highest BCUT2D eigenvalue weighted by Gasteiger charge is 2.32. The van der Waals surface area contributed by atoms with Crippen molar-refractivity contribution in [3.63, 3.8) is 0 Å². The van der Waals surface area contributed by atoms with Gasteiger partial charge in [-0.3, -0.25) is 4.79 Å². The van der Waals surface area contributed by atoms with E-state index in [1.165, 1.54) is 32.1 Å². The average molecular weight is 280 g/mol. The van der Waals surface area contributed by atoms with Crippen LogP contribution >= 0.6 is 0 Å². The molecule has 0 radical (unpaired) electrons. The highest BCUT2D eigenvalue weighted by Crippen LogP contribution is 2.34. The Balaban J connectivity index is 1.74. The topological polar surface area (TPSA) is 41.1 Å². The van der Waals surface area contributed by atoms with Crippen molar-refractivity contribution in [1.82, 2.24) is 10.6 Å². The lowest BCUT2D eigenvalue weighted by atomic mass is 9.85. The second-order valence-electron chi connectivity index (χ2n) is 7.07. The smallest absolute Gasteiger partial charge is 0.220 e. The molecule has 3 heteroatoms. The molecule has 0 spiro atoms. The number of hydrogen-bond acceptors (Lipinski definition) is 2. The summed E-state index contributed by atoms with van der Waals surface area (Å²) in [6.45, 7) is 9.05. The molecule has 20 heavy (non-hydrogen) atoms. The molecule has 1 heterocycles. The monoisotopic (exact) mass is 280 g/mol. The van der Waals surface area contributed by atoms with E-state index in [9.17, 15) is 4.79 Å². The lowest BCUT2D eigenvalue weighted by Crippen LogP contribution is -2.40. The predicted molar refractivity (Wildman–Crippen MR) is 83.5 cm³/mol. The molecule has 2 aliphatic rings. The summed E-state index contributed by atoms with van der Waals surface area (Å²) in [5.41, 5.74) is 0. The van der Waals surface area contributed by atoms with Crippen LogP contribution in [-0.4, -0.2) is 25.0 Å². The van der Waals surface area contributed by atoms with Gasteiger partial charge in [0.25, 0.3) is 0 Å². The molecule has 2 rings (SSSR count). The first-order chi connectivity index (χ1) is 9.61. The number of rotatable bonds is 5. The molecule has 1 saturated carbocycles. The first-order valence-corrected chi connectivity index (χ1v) is 8.61. The van der Waals surface area contributed by atoms with Gasteiger partial charge in [0.2, 0.25) is 5.91 Å². The summed E-state index contributed by atoms with van der Waals surface area (Å²) < 4.78 is 0. The molecule has 1 aliphatic heterocycles. The maximum absolute atomic E-state index is 12.3. The van der Waals surface area contributed by atoms with E-state index in [4.69, 9.17) is 0 Å². The van der Waals surface area contributed by atoms with Crippen LogP contribution in [0.25, 0.3) is 0 Å². The Morgan fingerprint density at radius 3 is 2.75 bits per heavy atom. The Bertz CT molecular complexity index is 312. The van der Waals surface area contributed by atoms with Crippen LogP contribution in [0.4, 0.5) is 0 Å². The normalized spacial score (nSPS) is 35.8. The molecule has 2 N–H and O–H groups in total. The molecular weight excluding hydrogens is 248 g/mol. The number of amides is 1. The van der Waals surface area contributed by atoms with Crippen molar-refractivity contribution in [3.05, 3.63) is 0 Å². The number of hydrogen-bond donors (Lipinski definition) is 2. The summed E-state index contributed by atoms with van der Waals surface area (Å²) in [6, 6.07) is 0.420. The van der Waals surface area contributed by atoms with E-state index in [-0.39, 0.29) is 5.91 Å². The number of carbonyl (C=O) groups excluding carboxylic acids is 1. The minimum absolute atomic E-state index is 0.275. The van der Waals surface area contributed by atoms with Gasteiger partial charge in [0.1, 0.15) is 0 Å². The van der Waals surface area contributed by atoms with E-state index in [1.807, 2.05) is 0 Å². The molecule has 0 bridgehead atoms. The molecule has 0 aromatic rings. The Morgan fingerprint density at radius 1 is 1.35 bits per heavy atom. The van der Waals surface area contributed by atoms with E-state index in [1.54, 1.807) is 0 Å². The van der Waals surface area contributed by atoms with Gasteiger partial charge in [0.05, 0.1) is 0 Å². The zero-order valence-electron chi connectivity index (χ0n) is 13.5. The third-order valence-electron chi connectivity index (χ3n) is 5.74. The molecule has 2 fully saturated rings. The number of carbonyl (C=O) groups is 1. The van der Waals surface area contributed by atoms with Crippen molar-refractivity contribution in [2.24, 2.45) is 23.7 Å². The molecule has 0 aromatic carbocycles. The third kappa shape index (κ3) is 3.97. The SMILES string of the molecule is CCC1CCC(NC(=O)CC(C)C2CCCNC2)C1C. The lowest BCUT2D eigenvalue weighted by molar-refractivity contribution is -0.123. The summed E-state index contributed by atoms with van der Waals surface area (Å²) in [5, 5.41) is 6.75. The maximum Gasteiger partial charge on any atom is 0.220 e. The number of piperidine rings is 1. The maximum atomic E-state index is 12.3. The lowest BCUT2D eigenvalue weighted by Gasteiger charge is -2.29. The van der Waals surface area contributed by atoms with E-state index in [2.05, 4.69) is 31.4 Å². The van der Waals surface area contributed by atoms with Gasteiger partial charge in [-0.25, -0.2) is 0 Å². The highest BCUT2D eigenvalue weighted by molar-refractivity contribution is 5.76. The Kier molecular flexibility index (Phi) is 5.88. The molecule has 5 atom stereocenters. The quantitative estimate of drug-likeness (QED) is 0.813. The van der Waals surface area contributed by atoms with Crippen LogP contribution in [0, 0.1) is 23.7 Å². The number of nitrogens with one attached hydrogen (secondary N) is 2. The van der Waals surface area contributed by atoms with Crippen LogP contribution in [0.2, 0.25) is 0 Å². The van der Waals surface area contributed by atoms with Crippen LogP contribution in [0.3, 0.4) is 0 Å². The first-order valence-electron chi connectivity index (χ1n) is 8.61. The second kappa shape index (κ2) is 7.44. The summed E-state index contributed by atoms with van der Waals surface area (Å²) in [5.74, 6) is 2.91. The van der Waals surface area contributed by atoms with Crippen LogP contribution in [-0.2, 0) is 4.79 Å². The molecule has 1 aliphatic carbocycles. The molecule has 1 amide bonds. The van der Waals surface area contributed by atoms with Gasteiger partial charge in [-0.05, 0) is 62.4 Å². The molecule has 116 valence electrons. The van der Waals surface area contributed by atoms with Gasteiger partial charge < -0.3 is 10.6 Å².